The zero-order valence-electron chi connectivity index (χ0n) is 7.87. The Morgan fingerprint density at radius 1 is 0.778 bits per heavy atom. The Morgan fingerprint density at radius 2 is 1.17 bits per heavy atom. The van der Waals surface area contributed by atoms with E-state index in [1.54, 1.807) is 0 Å². The first-order chi connectivity index (χ1) is 7.76. The van der Waals surface area contributed by atoms with E-state index in [0.717, 1.165) is 0 Å². The first kappa shape index (κ1) is 15.4. The van der Waals surface area contributed by atoms with Gasteiger partial charge in [-0.1, -0.05) is 0 Å². The van der Waals surface area contributed by atoms with Crippen molar-refractivity contribution in [3.63, 3.8) is 0 Å². The van der Waals surface area contributed by atoms with E-state index in [0.29, 0.717) is 0 Å². The minimum atomic E-state index is -5.43. The molecule has 1 heterocycles. The Hall–Kier alpha value is -0.640. The summed E-state index contributed by atoms with van der Waals surface area (Å²) in [5.41, 5.74) is 0. The molecule has 0 unspecified atom stereocenters. The molecule has 0 spiro atoms. The van der Waals surface area contributed by atoms with Crippen LogP contribution in [-0.2, 0) is 30.4 Å². The van der Waals surface area contributed by atoms with E-state index in [1.807, 2.05) is 0 Å². The highest BCUT2D eigenvalue weighted by Crippen LogP contribution is 2.35. The number of hydrogen-bond donors (Lipinski definition) is 4. The number of hydrogen-bond acceptors (Lipinski definition) is 8. The Labute approximate surface area is 106 Å². The van der Waals surface area contributed by atoms with Crippen molar-refractivity contribution in [1.29, 1.82) is 0 Å². The molecule has 14 heteroatoms. The second kappa shape index (κ2) is 4.19. The van der Waals surface area contributed by atoms with Gasteiger partial charge in [-0.15, -0.1) is 12.6 Å². The Kier molecular flexibility index (Phi) is 3.59. The van der Waals surface area contributed by atoms with Crippen molar-refractivity contribution in [2.45, 2.75) is 20.0 Å². The zero-order chi connectivity index (χ0) is 14.5. The molecule has 0 fully saturated rings. The molecule has 0 radical (unpaired) electrons. The van der Waals surface area contributed by atoms with Gasteiger partial charge < -0.3 is 4.42 Å². The van der Waals surface area contributed by atoms with E-state index >= 15 is 0 Å². The van der Waals surface area contributed by atoms with Gasteiger partial charge in [0.1, 0.15) is 0 Å². The molecule has 0 saturated carbocycles. The summed E-state index contributed by atoms with van der Waals surface area (Å²) in [7, 11) is -16.0. The van der Waals surface area contributed by atoms with Gasteiger partial charge in [0, 0.05) is 0 Å². The first-order valence-electron chi connectivity index (χ1n) is 3.54. The molecule has 1 aromatic rings. The summed E-state index contributed by atoms with van der Waals surface area (Å²) in [5, 5.41) is -2.92. The van der Waals surface area contributed by atoms with Gasteiger partial charge in [-0.05, 0) is 0 Å². The van der Waals surface area contributed by atoms with Crippen molar-refractivity contribution in [3.8, 4) is 0 Å². The Morgan fingerprint density at radius 3 is 1.44 bits per heavy atom. The minimum Gasteiger partial charge on any atom is -0.433 e. The van der Waals surface area contributed by atoms with Crippen molar-refractivity contribution in [1.82, 2.24) is 0 Å². The molecule has 0 saturated heterocycles. The van der Waals surface area contributed by atoms with Crippen molar-refractivity contribution < 1.29 is 43.3 Å². The lowest BCUT2D eigenvalue weighted by atomic mass is 10.6. The highest BCUT2D eigenvalue weighted by molar-refractivity contribution is 7.91. The largest absolute Gasteiger partial charge is 0.433 e. The third-order valence-corrected chi connectivity index (χ3v) is 4.82. The van der Waals surface area contributed by atoms with Gasteiger partial charge in [-0.25, -0.2) is 0 Å². The fourth-order valence-corrected chi connectivity index (χ4v) is 4.70. The third kappa shape index (κ3) is 2.85. The number of thiol groups is 1. The van der Waals surface area contributed by atoms with Crippen molar-refractivity contribution in [3.05, 3.63) is 0 Å². The summed E-state index contributed by atoms with van der Waals surface area (Å²) in [4.78, 5) is -3.42. The molecule has 104 valence electrons. The Bertz CT molecular complexity index is 790. The SMILES string of the molecule is O=S(=O)(O)c1oc(S)c(S(=O)(=O)O)c1S(=O)(=O)O. The fraction of sp³-hybridized carbons (Fsp3) is 0. The van der Waals surface area contributed by atoms with Crippen LogP contribution in [0.3, 0.4) is 0 Å². The topological polar surface area (TPSA) is 176 Å². The maximum Gasteiger partial charge on any atom is 0.329 e. The second-order valence-corrected chi connectivity index (χ2v) is 7.22. The van der Waals surface area contributed by atoms with E-state index in [-0.39, 0.29) is 0 Å². The summed E-state index contributed by atoms with van der Waals surface area (Å²) in [6.45, 7) is 0. The molecule has 0 aromatic carbocycles. The predicted octanol–water partition coefficient (Wildman–Crippen LogP) is -0.692. The quantitative estimate of drug-likeness (QED) is 0.406. The van der Waals surface area contributed by atoms with Gasteiger partial charge in [0.2, 0.25) is 0 Å². The lowest BCUT2D eigenvalue weighted by molar-refractivity contribution is 0.346. The van der Waals surface area contributed by atoms with Crippen LogP contribution in [0.15, 0.2) is 24.4 Å². The molecule has 1 rings (SSSR count). The number of rotatable bonds is 3. The van der Waals surface area contributed by atoms with Gasteiger partial charge in [0.25, 0.3) is 15.2 Å². The van der Waals surface area contributed by atoms with Crippen LogP contribution in [0.1, 0.15) is 0 Å². The van der Waals surface area contributed by atoms with Gasteiger partial charge in [-0.3, -0.25) is 13.7 Å². The molecule has 18 heavy (non-hydrogen) atoms. The number of furan rings is 1. The molecular formula is C4H4O10S4. The van der Waals surface area contributed by atoms with Crippen LogP contribution in [0.2, 0.25) is 0 Å². The van der Waals surface area contributed by atoms with E-state index in [4.69, 9.17) is 13.7 Å². The molecular weight excluding hydrogens is 336 g/mol. The zero-order valence-corrected chi connectivity index (χ0v) is 11.2. The summed E-state index contributed by atoms with van der Waals surface area (Å²) in [6.07, 6.45) is 0. The average Bonchev–Trinajstić information content (AvgIpc) is 2.39. The Balaban J connectivity index is 4.07. The summed E-state index contributed by atoms with van der Waals surface area (Å²) in [6, 6.07) is 0. The van der Waals surface area contributed by atoms with E-state index < -0.39 is 50.3 Å². The summed E-state index contributed by atoms with van der Waals surface area (Å²) >= 11 is 3.29. The molecule has 0 aliphatic carbocycles. The van der Waals surface area contributed by atoms with Crippen molar-refractivity contribution >= 4 is 43.0 Å². The van der Waals surface area contributed by atoms with Gasteiger partial charge in [0.15, 0.2) is 14.9 Å². The lowest BCUT2D eigenvalue weighted by Gasteiger charge is -1.98. The molecule has 0 aliphatic heterocycles. The van der Waals surface area contributed by atoms with Crippen LogP contribution >= 0.6 is 12.6 Å². The maximum absolute atomic E-state index is 10.9. The van der Waals surface area contributed by atoms with Crippen molar-refractivity contribution in [2.24, 2.45) is 0 Å². The van der Waals surface area contributed by atoms with Gasteiger partial charge in [0.05, 0.1) is 0 Å². The third-order valence-electron chi connectivity index (χ3n) is 1.53. The molecule has 0 bridgehead atoms. The predicted molar refractivity (Wildman–Crippen MR) is 55.4 cm³/mol. The lowest BCUT2D eigenvalue weighted by Crippen LogP contribution is -2.10. The van der Waals surface area contributed by atoms with Crippen LogP contribution in [-0.4, -0.2) is 38.9 Å². The van der Waals surface area contributed by atoms with Crippen LogP contribution in [0.25, 0.3) is 0 Å². The van der Waals surface area contributed by atoms with E-state index in [2.05, 4.69) is 17.0 Å². The molecule has 3 N–H and O–H groups in total. The van der Waals surface area contributed by atoms with Gasteiger partial charge >= 0.3 is 20.2 Å². The maximum atomic E-state index is 10.9. The molecule has 0 amide bonds. The molecule has 0 atom stereocenters. The van der Waals surface area contributed by atoms with Gasteiger partial charge in [-0.2, -0.15) is 25.3 Å². The molecule has 0 aliphatic rings. The van der Waals surface area contributed by atoms with Crippen LogP contribution in [0.5, 0.6) is 0 Å². The molecule has 10 nitrogen and oxygen atoms in total. The van der Waals surface area contributed by atoms with Crippen molar-refractivity contribution in [2.75, 3.05) is 0 Å². The molecule has 1 aromatic heterocycles. The first-order valence-corrected chi connectivity index (χ1v) is 8.31. The normalized spacial score (nSPS) is 13.8. The fourth-order valence-electron chi connectivity index (χ4n) is 0.990. The minimum absolute atomic E-state index is 1.14. The smallest absolute Gasteiger partial charge is 0.329 e. The van der Waals surface area contributed by atoms with Crippen LogP contribution in [0.4, 0.5) is 0 Å². The van der Waals surface area contributed by atoms with E-state index in [9.17, 15) is 25.3 Å². The highest BCUT2D eigenvalue weighted by atomic mass is 32.2. The van der Waals surface area contributed by atoms with Crippen LogP contribution < -0.4 is 0 Å². The van der Waals surface area contributed by atoms with E-state index in [1.165, 1.54) is 0 Å². The summed E-state index contributed by atoms with van der Waals surface area (Å²) in [5.74, 6) is 0. The van der Waals surface area contributed by atoms with Crippen LogP contribution in [0, 0.1) is 0 Å². The highest BCUT2D eigenvalue weighted by Gasteiger charge is 2.39. The summed E-state index contributed by atoms with van der Waals surface area (Å²) < 4.78 is 95.2. The second-order valence-electron chi connectivity index (χ2n) is 2.78. The average molecular weight is 340 g/mol. The monoisotopic (exact) mass is 340 g/mol. The standard InChI is InChI=1S/C4H4O10S4/c5-16(6,7)1-2(17(8,9)10)4(14-3(1)15)18(11,12)13/h15H,(H,5,6,7)(H,8,9,10)(H,11,12,13).